The molecule has 1 saturated carbocycles. The fourth-order valence-electron chi connectivity index (χ4n) is 4.31. The van der Waals surface area contributed by atoms with Gasteiger partial charge in [-0.3, -0.25) is 9.69 Å². The molecule has 0 aromatic heterocycles. The fourth-order valence-corrected chi connectivity index (χ4v) is 4.31. The molecule has 0 unspecified atom stereocenters. The first-order chi connectivity index (χ1) is 13.7. The Hall–Kier alpha value is -2.13. The zero-order valence-electron chi connectivity index (χ0n) is 17.1. The molecule has 3 nitrogen and oxygen atoms in total. The minimum Gasteiger partial charge on any atom is -0.466 e. The van der Waals surface area contributed by atoms with E-state index in [1.165, 1.54) is 24.0 Å². The average Bonchev–Trinajstić information content (AvgIpc) is 2.71. The standard InChI is InChI=1S/C25H33NO2/c1-2-28-25(27)17-21-13-15-24(16-14-21)20-26(18-22-9-5-3-6-10-22)19-23-11-7-4-8-12-23/h3-12,21,24H,2,13-20H2,1H3/t21-,24+. The van der Waals surface area contributed by atoms with Gasteiger partial charge < -0.3 is 4.74 Å². The molecule has 0 amide bonds. The van der Waals surface area contributed by atoms with Crippen molar-refractivity contribution in [3.05, 3.63) is 71.8 Å². The van der Waals surface area contributed by atoms with Crippen molar-refractivity contribution in [3.8, 4) is 0 Å². The molecule has 0 radical (unpaired) electrons. The van der Waals surface area contributed by atoms with E-state index in [4.69, 9.17) is 4.74 Å². The highest BCUT2D eigenvalue weighted by Gasteiger charge is 2.25. The Morgan fingerprint density at radius 3 is 1.86 bits per heavy atom. The van der Waals surface area contributed by atoms with Crippen molar-refractivity contribution >= 4 is 5.97 Å². The average molecular weight is 380 g/mol. The van der Waals surface area contributed by atoms with Gasteiger partial charge in [0, 0.05) is 26.1 Å². The van der Waals surface area contributed by atoms with E-state index in [1.54, 1.807) is 0 Å². The highest BCUT2D eigenvalue weighted by atomic mass is 16.5. The predicted molar refractivity (Wildman–Crippen MR) is 114 cm³/mol. The number of carbonyl (C=O) groups excluding carboxylic acids is 1. The highest BCUT2D eigenvalue weighted by Crippen LogP contribution is 2.32. The van der Waals surface area contributed by atoms with Crippen LogP contribution in [0.1, 0.15) is 50.2 Å². The first kappa shape index (κ1) is 20.6. The predicted octanol–water partition coefficient (Wildman–Crippen LogP) is 5.45. The first-order valence-electron chi connectivity index (χ1n) is 10.7. The van der Waals surface area contributed by atoms with Crippen LogP contribution in [0, 0.1) is 11.8 Å². The number of benzene rings is 2. The number of hydrogen-bond donors (Lipinski definition) is 0. The first-order valence-corrected chi connectivity index (χ1v) is 10.7. The Morgan fingerprint density at radius 2 is 1.36 bits per heavy atom. The minimum absolute atomic E-state index is 0.0271. The molecule has 2 aromatic carbocycles. The molecule has 0 heterocycles. The summed E-state index contributed by atoms with van der Waals surface area (Å²) in [5.74, 6) is 1.19. The quantitative estimate of drug-likeness (QED) is 0.543. The second kappa shape index (κ2) is 11.0. The summed E-state index contributed by atoms with van der Waals surface area (Å²) >= 11 is 0. The number of hydrogen-bond acceptors (Lipinski definition) is 3. The number of nitrogens with zero attached hydrogens (tertiary/aromatic N) is 1. The van der Waals surface area contributed by atoms with Crippen LogP contribution in [0.3, 0.4) is 0 Å². The Balaban J connectivity index is 1.55. The van der Waals surface area contributed by atoms with Crippen molar-refractivity contribution in [3.63, 3.8) is 0 Å². The van der Waals surface area contributed by atoms with Crippen molar-refractivity contribution in [2.45, 2.75) is 52.1 Å². The Morgan fingerprint density at radius 1 is 0.857 bits per heavy atom. The number of ether oxygens (including phenoxy) is 1. The van der Waals surface area contributed by atoms with Crippen LogP contribution in [-0.4, -0.2) is 24.0 Å². The van der Waals surface area contributed by atoms with Crippen molar-refractivity contribution in [2.24, 2.45) is 11.8 Å². The van der Waals surface area contributed by atoms with E-state index in [1.807, 2.05) is 6.92 Å². The van der Waals surface area contributed by atoms with Crippen LogP contribution in [0.4, 0.5) is 0 Å². The third-order valence-corrected chi connectivity index (χ3v) is 5.74. The van der Waals surface area contributed by atoms with Crippen LogP contribution in [0.25, 0.3) is 0 Å². The smallest absolute Gasteiger partial charge is 0.306 e. The molecule has 0 aliphatic heterocycles. The third kappa shape index (κ3) is 6.79. The molecule has 28 heavy (non-hydrogen) atoms. The van der Waals surface area contributed by atoms with Gasteiger partial charge in [0.25, 0.3) is 0 Å². The summed E-state index contributed by atoms with van der Waals surface area (Å²) in [6, 6.07) is 21.5. The van der Waals surface area contributed by atoms with Gasteiger partial charge in [-0.2, -0.15) is 0 Å². The van der Waals surface area contributed by atoms with Crippen molar-refractivity contribution in [2.75, 3.05) is 13.2 Å². The molecule has 0 spiro atoms. The van der Waals surface area contributed by atoms with Gasteiger partial charge in [0.05, 0.1) is 6.61 Å². The molecule has 0 N–H and O–H groups in total. The number of carbonyl (C=O) groups is 1. The van der Waals surface area contributed by atoms with Gasteiger partial charge in [-0.05, 0) is 55.6 Å². The van der Waals surface area contributed by atoms with Gasteiger partial charge >= 0.3 is 5.97 Å². The van der Waals surface area contributed by atoms with Crippen LogP contribution in [-0.2, 0) is 22.6 Å². The van der Waals surface area contributed by atoms with Crippen molar-refractivity contribution < 1.29 is 9.53 Å². The summed E-state index contributed by atoms with van der Waals surface area (Å²) in [5.41, 5.74) is 2.74. The molecule has 0 atom stereocenters. The molecule has 1 aliphatic rings. The molecule has 2 aromatic rings. The van der Waals surface area contributed by atoms with Gasteiger partial charge in [0.2, 0.25) is 0 Å². The van der Waals surface area contributed by atoms with E-state index >= 15 is 0 Å². The molecule has 1 aliphatic carbocycles. The summed E-state index contributed by atoms with van der Waals surface area (Å²) in [7, 11) is 0. The summed E-state index contributed by atoms with van der Waals surface area (Å²) in [4.78, 5) is 14.3. The second-order valence-electron chi connectivity index (χ2n) is 8.04. The molecule has 0 bridgehead atoms. The van der Waals surface area contributed by atoms with E-state index in [9.17, 15) is 4.79 Å². The Labute approximate surface area is 169 Å². The molecule has 3 rings (SSSR count). The monoisotopic (exact) mass is 379 g/mol. The lowest BCUT2D eigenvalue weighted by Gasteiger charge is -2.32. The second-order valence-corrected chi connectivity index (χ2v) is 8.04. The molecule has 0 saturated heterocycles. The van der Waals surface area contributed by atoms with Gasteiger partial charge in [0.1, 0.15) is 0 Å². The molecule has 150 valence electrons. The fraction of sp³-hybridized carbons (Fsp3) is 0.480. The maximum atomic E-state index is 11.7. The van der Waals surface area contributed by atoms with Crippen LogP contribution in [0.2, 0.25) is 0 Å². The van der Waals surface area contributed by atoms with E-state index in [2.05, 4.69) is 65.6 Å². The van der Waals surface area contributed by atoms with Crippen molar-refractivity contribution in [1.82, 2.24) is 4.90 Å². The summed E-state index contributed by atoms with van der Waals surface area (Å²) in [6.45, 7) is 5.46. The lowest BCUT2D eigenvalue weighted by Crippen LogP contribution is -2.31. The number of esters is 1. The number of rotatable bonds is 9. The highest BCUT2D eigenvalue weighted by molar-refractivity contribution is 5.69. The normalized spacial score (nSPS) is 19.5. The lowest BCUT2D eigenvalue weighted by molar-refractivity contribution is -0.144. The van der Waals surface area contributed by atoms with Crippen LogP contribution in [0.15, 0.2) is 60.7 Å². The van der Waals surface area contributed by atoms with E-state index < -0.39 is 0 Å². The zero-order chi connectivity index (χ0) is 19.6. The topological polar surface area (TPSA) is 29.5 Å². The van der Waals surface area contributed by atoms with Gasteiger partial charge in [-0.1, -0.05) is 60.7 Å². The van der Waals surface area contributed by atoms with E-state index in [-0.39, 0.29) is 5.97 Å². The Bertz CT molecular complexity index is 652. The third-order valence-electron chi connectivity index (χ3n) is 5.74. The van der Waals surface area contributed by atoms with Gasteiger partial charge in [-0.15, -0.1) is 0 Å². The van der Waals surface area contributed by atoms with Crippen molar-refractivity contribution in [1.29, 1.82) is 0 Å². The summed E-state index contributed by atoms with van der Waals surface area (Å²) in [6.07, 6.45) is 5.31. The Kier molecular flexibility index (Phi) is 8.10. The maximum absolute atomic E-state index is 11.7. The van der Waals surface area contributed by atoms with E-state index in [0.717, 1.165) is 32.5 Å². The minimum atomic E-state index is -0.0271. The van der Waals surface area contributed by atoms with Crippen LogP contribution in [0.5, 0.6) is 0 Å². The molecular formula is C25H33NO2. The molecule has 3 heteroatoms. The van der Waals surface area contributed by atoms with Gasteiger partial charge in [-0.25, -0.2) is 0 Å². The summed E-state index contributed by atoms with van der Waals surface area (Å²) < 4.78 is 5.12. The van der Waals surface area contributed by atoms with Crippen LogP contribution < -0.4 is 0 Å². The summed E-state index contributed by atoms with van der Waals surface area (Å²) in [5, 5.41) is 0. The van der Waals surface area contributed by atoms with Gasteiger partial charge in [0.15, 0.2) is 0 Å². The largest absolute Gasteiger partial charge is 0.466 e. The van der Waals surface area contributed by atoms with E-state index in [0.29, 0.717) is 24.9 Å². The lowest BCUT2D eigenvalue weighted by atomic mass is 9.80. The van der Waals surface area contributed by atoms with Crippen LogP contribution >= 0.6 is 0 Å². The molecular weight excluding hydrogens is 346 g/mol. The SMILES string of the molecule is CCOC(=O)C[C@H]1CC[C@@H](CN(Cc2ccccc2)Cc2ccccc2)CC1. The molecule has 1 fully saturated rings. The zero-order valence-corrected chi connectivity index (χ0v) is 17.1. The maximum Gasteiger partial charge on any atom is 0.306 e.